The van der Waals surface area contributed by atoms with Crippen molar-refractivity contribution in [3.63, 3.8) is 0 Å². The number of benzene rings is 1. The summed E-state index contributed by atoms with van der Waals surface area (Å²) in [4.78, 5) is 35.9. The maximum absolute atomic E-state index is 12.1. The van der Waals surface area contributed by atoms with Crippen molar-refractivity contribution in [3.05, 3.63) is 28.8 Å². The normalized spacial score (nSPS) is 12.7. The molecule has 1 N–H and O–H groups in total. The second-order valence-corrected chi connectivity index (χ2v) is 5.81. The maximum Gasteiger partial charge on any atom is 0.342 e. The van der Waals surface area contributed by atoms with E-state index in [1.807, 2.05) is 13.8 Å². The van der Waals surface area contributed by atoms with Crippen LogP contribution in [0.25, 0.3) is 0 Å². The molecule has 0 heterocycles. The highest BCUT2D eigenvalue weighted by Crippen LogP contribution is 2.23. The Kier molecular flexibility index (Phi) is 8.21. The van der Waals surface area contributed by atoms with Crippen molar-refractivity contribution in [2.45, 2.75) is 26.3 Å². The van der Waals surface area contributed by atoms with Crippen LogP contribution in [0.15, 0.2) is 18.2 Å². The molecule has 0 aliphatic carbocycles. The van der Waals surface area contributed by atoms with Crippen LogP contribution in [0.5, 0.6) is 5.75 Å². The molecule has 0 aromatic heterocycles. The summed E-state index contributed by atoms with van der Waals surface area (Å²) in [5.41, 5.74) is 0.106. The monoisotopic (exact) mass is 371 g/mol. The molecule has 1 amide bonds. The van der Waals surface area contributed by atoms with Crippen LogP contribution in [-0.4, -0.2) is 44.7 Å². The SMILES string of the molecule is CCC(C)C(NC(=O)COC(=O)c1cc(Cl)ccc1OC)C(=O)OC. The lowest BCUT2D eigenvalue weighted by atomic mass is 9.99. The number of amides is 1. The average Bonchev–Trinajstić information content (AvgIpc) is 2.62. The van der Waals surface area contributed by atoms with Gasteiger partial charge in [0, 0.05) is 5.02 Å². The Morgan fingerprint density at radius 3 is 2.48 bits per heavy atom. The molecule has 1 rings (SSSR count). The van der Waals surface area contributed by atoms with E-state index in [1.54, 1.807) is 6.07 Å². The highest BCUT2D eigenvalue weighted by Gasteiger charge is 2.27. The van der Waals surface area contributed by atoms with Crippen molar-refractivity contribution in [3.8, 4) is 5.75 Å². The molecule has 0 aliphatic heterocycles. The van der Waals surface area contributed by atoms with Crippen LogP contribution < -0.4 is 10.1 Å². The van der Waals surface area contributed by atoms with E-state index in [9.17, 15) is 14.4 Å². The number of hydrogen-bond acceptors (Lipinski definition) is 6. The van der Waals surface area contributed by atoms with E-state index in [0.29, 0.717) is 11.4 Å². The molecule has 0 saturated carbocycles. The Morgan fingerprint density at radius 1 is 1.24 bits per heavy atom. The number of halogens is 1. The van der Waals surface area contributed by atoms with Crippen LogP contribution in [0.1, 0.15) is 30.6 Å². The number of carbonyl (C=O) groups excluding carboxylic acids is 3. The van der Waals surface area contributed by atoms with E-state index < -0.39 is 30.5 Å². The zero-order chi connectivity index (χ0) is 19.0. The van der Waals surface area contributed by atoms with Gasteiger partial charge in [0.15, 0.2) is 6.61 Å². The molecule has 0 radical (unpaired) electrons. The smallest absolute Gasteiger partial charge is 0.342 e. The van der Waals surface area contributed by atoms with Crippen LogP contribution >= 0.6 is 11.6 Å². The van der Waals surface area contributed by atoms with Crippen molar-refractivity contribution >= 4 is 29.4 Å². The van der Waals surface area contributed by atoms with Gasteiger partial charge in [-0.05, 0) is 24.1 Å². The molecule has 0 fully saturated rings. The van der Waals surface area contributed by atoms with Gasteiger partial charge in [0.05, 0.1) is 14.2 Å². The molecule has 0 bridgehead atoms. The van der Waals surface area contributed by atoms with Crippen LogP contribution in [0, 0.1) is 5.92 Å². The van der Waals surface area contributed by atoms with Crippen molar-refractivity contribution < 1.29 is 28.6 Å². The van der Waals surface area contributed by atoms with E-state index >= 15 is 0 Å². The summed E-state index contributed by atoms with van der Waals surface area (Å²) in [6.07, 6.45) is 0.666. The number of methoxy groups -OCH3 is 2. The maximum atomic E-state index is 12.1. The summed E-state index contributed by atoms with van der Waals surface area (Å²) in [5, 5.41) is 2.85. The number of hydrogen-bond donors (Lipinski definition) is 1. The minimum Gasteiger partial charge on any atom is -0.496 e. The quantitative estimate of drug-likeness (QED) is 0.704. The van der Waals surface area contributed by atoms with E-state index in [-0.39, 0.29) is 17.2 Å². The van der Waals surface area contributed by atoms with Gasteiger partial charge in [-0.1, -0.05) is 31.9 Å². The van der Waals surface area contributed by atoms with Gasteiger partial charge in [-0.25, -0.2) is 9.59 Å². The van der Waals surface area contributed by atoms with E-state index in [0.717, 1.165) is 0 Å². The third-order valence-electron chi connectivity index (χ3n) is 3.70. The molecule has 1 aromatic rings. The second kappa shape index (κ2) is 9.88. The number of nitrogens with one attached hydrogen (secondary N) is 1. The van der Waals surface area contributed by atoms with E-state index in [2.05, 4.69) is 10.1 Å². The number of esters is 2. The van der Waals surface area contributed by atoms with Gasteiger partial charge >= 0.3 is 11.9 Å². The second-order valence-electron chi connectivity index (χ2n) is 5.37. The fourth-order valence-corrected chi connectivity index (χ4v) is 2.23. The summed E-state index contributed by atoms with van der Waals surface area (Å²) < 4.78 is 14.7. The zero-order valence-electron chi connectivity index (χ0n) is 14.6. The molecular weight excluding hydrogens is 350 g/mol. The van der Waals surface area contributed by atoms with Gasteiger partial charge in [-0.15, -0.1) is 0 Å². The molecule has 138 valence electrons. The number of rotatable bonds is 8. The van der Waals surface area contributed by atoms with Crippen LogP contribution in [0.4, 0.5) is 0 Å². The van der Waals surface area contributed by atoms with Crippen molar-refractivity contribution in [1.29, 1.82) is 0 Å². The molecule has 25 heavy (non-hydrogen) atoms. The lowest BCUT2D eigenvalue weighted by Gasteiger charge is -2.21. The zero-order valence-corrected chi connectivity index (χ0v) is 15.4. The van der Waals surface area contributed by atoms with Gasteiger partial charge in [0.25, 0.3) is 5.91 Å². The van der Waals surface area contributed by atoms with E-state index in [4.69, 9.17) is 21.1 Å². The predicted octanol–water partition coefficient (Wildman–Crippen LogP) is 2.21. The van der Waals surface area contributed by atoms with Gasteiger partial charge in [-0.3, -0.25) is 4.79 Å². The van der Waals surface area contributed by atoms with Gasteiger partial charge < -0.3 is 19.5 Å². The van der Waals surface area contributed by atoms with Crippen LogP contribution in [0.3, 0.4) is 0 Å². The minimum absolute atomic E-state index is 0.106. The fraction of sp³-hybridized carbons (Fsp3) is 0.471. The third kappa shape index (κ3) is 5.94. The molecule has 0 aliphatic rings. The first kappa shape index (κ1) is 20.8. The number of ether oxygens (including phenoxy) is 3. The lowest BCUT2D eigenvalue weighted by Crippen LogP contribution is -2.47. The Morgan fingerprint density at radius 2 is 1.92 bits per heavy atom. The van der Waals surface area contributed by atoms with Gasteiger partial charge in [0.1, 0.15) is 17.4 Å². The highest BCUT2D eigenvalue weighted by molar-refractivity contribution is 6.31. The lowest BCUT2D eigenvalue weighted by molar-refractivity contribution is -0.147. The Labute approximate surface area is 151 Å². The molecule has 0 spiro atoms. The molecular formula is C17H22ClNO6. The van der Waals surface area contributed by atoms with Gasteiger partial charge in [-0.2, -0.15) is 0 Å². The van der Waals surface area contributed by atoms with E-state index in [1.165, 1.54) is 26.4 Å². The summed E-state index contributed by atoms with van der Waals surface area (Å²) in [5.74, 6) is -1.76. The average molecular weight is 372 g/mol. The Bertz CT molecular complexity index is 634. The van der Waals surface area contributed by atoms with Crippen molar-refractivity contribution in [1.82, 2.24) is 5.32 Å². The minimum atomic E-state index is -0.804. The van der Waals surface area contributed by atoms with Crippen LogP contribution in [-0.2, 0) is 19.1 Å². The first-order valence-corrected chi connectivity index (χ1v) is 8.09. The fourth-order valence-electron chi connectivity index (χ4n) is 2.06. The Hall–Kier alpha value is -2.28. The summed E-state index contributed by atoms with van der Waals surface area (Å²) in [6.45, 7) is 3.15. The molecule has 2 unspecified atom stereocenters. The first-order chi connectivity index (χ1) is 11.8. The summed E-state index contributed by atoms with van der Waals surface area (Å²) in [6, 6.07) is 3.67. The number of carbonyl (C=O) groups is 3. The molecule has 2 atom stereocenters. The molecule has 7 nitrogen and oxygen atoms in total. The first-order valence-electron chi connectivity index (χ1n) is 7.71. The summed E-state index contributed by atoms with van der Waals surface area (Å²) >= 11 is 5.86. The summed E-state index contributed by atoms with van der Waals surface area (Å²) in [7, 11) is 2.65. The highest BCUT2D eigenvalue weighted by atomic mass is 35.5. The van der Waals surface area contributed by atoms with Crippen molar-refractivity contribution in [2.24, 2.45) is 5.92 Å². The topological polar surface area (TPSA) is 90.9 Å². The third-order valence-corrected chi connectivity index (χ3v) is 3.94. The van der Waals surface area contributed by atoms with Gasteiger partial charge in [0.2, 0.25) is 0 Å². The van der Waals surface area contributed by atoms with Crippen molar-refractivity contribution in [2.75, 3.05) is 20.8 Å². The Balaban J connectivity index is 2.70. The van der Waals surface area contributed by atoms with Crippen LogP contribution in [0.2, 0.25) is 5.02 Å². The molecule has 0 saturated heterocycles. The molecule has 1 aromatic carbocycles. The largest absolute Gasteiger partial charge is 0.496 e. The molecule has 8 heteroatoms. The predicted molar refractivity (Wildman–Crippen MR) is 91.7 cm³/mol. The standard InChI is InChI=1S/C17H22ClNO6/c1-5-10(2)15(17(22)24-4)19-14(20)9-25-16(21)12-8-11(18)6-7-13(12)23-3/h6-8,10,15H,5,9H2,1-4H3,(H,19,20).